The molecule has 1 fully saturated rings. The van der Waals surface area contributed by atoms with Crippen molar-refractivity contribution >= 4 is 17.4 Å². The molecule has 0 aromatic heterocycles. The molecule has 0 saturated carbocycles. The summed E-state index contributed by atoms with van der Waals surface area (Å²) in [6, 6.07) is 15.8. The van der Waals surface area contributed by atoms with Crippen molar-refractivity contribution in [3.8, 4) is 5.75 Å². The molecule has 0 spiro atoms. The molecule has 27 heavy (non-hydrogen) atoms. The monoisotopic (exact) mass is 367 g/mol. The van der Waals surface area contributed by atoms with Gasteiger partial charge in [0, 0.05) is 17.4 Å². The van der Waals surface area contributed by atoms with E-state index in [0.717, 1.165) is 30.0 Å². The van der Waals surface area contributed by atoms with Gasteiger partial charge in [0.05, 0.1) is 7.11 Å². The molecule has 1 saturated heterocycles. The van der Waals surface area contributed by atoms with E-state index in [2.05, 4.69) is 28.6 Å². The Morgan fingerprint density at radius 1 is 1.11 bits per heavy atom. The molecule has 144 valence electrons. The SMILES string of the molecule is COc1ccc(NC(=O)Nc2ccccc2CCC2CCCCN2C)cc1. The molecule has 2 aromatic rings. The molecule has 2 N–H and O–H groups in total. The summed E-state index contributed by atoms with van der Waals surface area (Å²) in [7, 11) is 3.84. The number of urea groups is 1. The van der Waals surface area contributed by atoms with Crippen LogP contribution in [0.25, 0.3) is 0 Å². The van der Waals surface area contributed by atoms with Crippen molar-refractivity contribution in [1.29, 1.82) is 0 Å². The lowest BCUT2D eigenvalue weighted by atomic mass is 9.96. The van der Waals surface area contributed by atoms with Crippen molar-refractivity contribution in [3.05, 3.63) is 54.1 Å². The maximum atomic E-state index is 12.4. The van der Waals surface area contributed by atoms with Gasteiger partial charge >= 0.3 is 6.03 Å². The number of para-hydroxylation sites is 1. The normalized spacial score (nSPS) is 17.3. The van der Waals surface area contributed by atoms with Crippen molar-refractivity contribution in [2.24, 2.45) is 0 Å². The van der Waals surface area contributed by atoms with E-state index in [4.69, 9.17) is 4.74 Å². The standard InChI is InChI=1S/C22H29N3O2/c1-25-16-6-5-8-19(25)13-10-17-7-3-4-9-21(17)24-22(26)23-18-11-14-20(27-2)15-12-18/h3-4,7,9,11-12,14-15,19H,5-6,8,10,13,16H2,1-2H3,(H2,23,24,26). The molecular formula is C22H29N3O2. The zero-order chi connectivity index (χ0) is 19.1. The number of anilines is 2. The second kappa shape index (κ2) is 9.42. The number of carbonyl (C=O) groups excluding carboxylic acids is 1. The third kappa shape index (κ3) is 5.47. The van der Waals surface area contributed by atoms with Crippen LogP contribution >= 0.6 is 0 Å². The third-order valence-corrected chi connectivity index (χ3v) is 5.28. The number of carbonyl (C=O) groups is 1. The van der Waals surface area contributed by atoms with Crippen molar-refractivity contribution in [3.63, 3.8) is 0 Å². The lowest BCUT2D eigenvalue weighted by Crippen LogP contribution is -2.36. The van der Waals surface area contributed by atoms with Crippen LogP contribution in [0.15, 0.2) is 48.5 Å². The first-order chi connectivity index (χ1) is 13.2. The minimum absolute atomic E-state index is 0.234. The van der Waals surface area contributed by atoms with Gasteiger partial charge < -0.3 is 20.3 Å². The van der Waals surface area contributed by atoms with E-state index < -0.39 is 0 Å². The van der Waals surface area contributed by atoms with Gasteiger partial charge in [-0.05, 0) is 75.2 Å². The molecule has 0 radical (unpaired) electrons. The van der Waals surface area contributed by atoms with Gasteiger partial charge in [-0.2, -0.15) is 0 Å². The predicted molar refractivity (Wildman–Crippen MR) is 111 cm³/mol. The van der Waals surface area contributed by atoms with Crippen LogP contribution in [0.4, 0.5) is 16.2 Å². The number of hydrogen-bond acceptors (Lipinski definition) is 3. The van der Waals surface area contributed by atoms with Crippen LogP contribution in [0, 0.1) is 0 Å². The average Bonchev–Trinajstić information content (AvgIpc) is 2.69. The van der Waals surface area contributed by atoms with E-state index in [9.17, 15) is 4.79 Å². The van der Waals surface area contributed by atoms with Crippen molar-refractivity contribution in [2.45, 2.75) is 38.1 Å². The number of rotatable bonds is 6. The molecule has 2 amide bonds. The highest BCUT2D eigenvalue weighted by molar-refractivity contribution is 6.00. The number of methoxy groups -OCH3 is 1. The fraction of sp³-hybridized carbons (Fsp3) is 0.409. The molecule has 1 atom stereocenters. The lowest BCUT2D eigenvalue weighted by Gasteiger charge is -2.32. The van der Waals surface area contributed by atoms with Crippen LogP contribution in [-0.4, -0.2) is 37.7 Å². The zero-order valence-electron chi connectivity index (χ0n) is 16.2. The molecule has 3 rings (SSSR count). The highest BCUT2D eigenvalue weighted by Crippen LogP contribution is 2.23. The van der Waals surface area contributed by atoms with E-state index in [0.29, 0.717) is 6.04 Å². The first kappa shape index (κ1) is 19.2. The molecule has 1 aliphatic rings. The van der Waals surface area contributed by atoms with Gasteiger partial charge in [0.15, 0.2) is 0 Å². The fourth-order valence-corrected chi connectivity index (χ4v) is 3.65. The van der Waals surface area contributed by atoms with Crippen LogP contribution in [0.2, 0.25) is 0 Å². The van der Waals surface area contributed by atoms with Gasteiger partial charge in [-0.15, -0.1) is 0 Å². The van der Waals surface area contributed by atoms with Crippen LogP contribution in [-0.2, 0) is 6.42 Å². The van der Waals surface area contributed by atoms with Gasteiger partial charge in [-0.25, -0.2) is 4.79 Å². The van der Waals surface area contributed by atoms with E-state index in [1.165, 1.54) is 31.4 Å². The number of amides is 2. The summed E-state index contributed by atoms with van der Waals surface area (Å²) in [5, 5.41) is 5.86. The highest BCUT2D eigenvalue weighted by Gasteiger charge is 2.19. The number of hydrogen-bond donors (Lipinski definition) is 2. The Morgan fingerprint density at radius 3 is 2.63 bits per heavy atom. The fourth-order valence-electron chi connectivity index (χ4n) is 3.65. The minimum atomic E-state index is -0.234. The van der Waals surface area contributed by atoms with E-state index in [1.54, 1.807) is 7.11 Å². The average molecular weight is 367 g/mol. The Kier molecular flexibility index (Phi) is 6.71. The smallest absolute Gasteiger partial charge is 0.323 e. The summed E-state index contributed by atoms with van der Waals surface area (Å²) in [6.07, 6.45) is 5.98. The Bertz CT molecular complexity index is 745. The molecule has 1 aliphatic heterocycles. The number of nitrogens with zero attached hydrogens (tertiary/aromatic N) is 1. The van der Waals surface area contributed by atoms with Crippen molar-refractivity contribution in [2.75, 3.05) is 31.3 Å². The first-order valence-electron chi connectivity index (χ1n) is 9.66. The van der Waals surface area contributed by atoms with E-state index in [1.807, 2.05) is 42.5 Å². The van der Waals surface area contributed by atoms with Crippen molar-refractivity contribution in [1.82, 2.24) is 4.90 Å². The summed E-state index contributed by atoms with van der Waals surface area (Å²) in [4.78, 5) is 14.9. The van der Waals surface area contributed by atoms with Gasteiger partial charge in [-0.1, -0.05) is 24.6 Å². The topological polar surface area (TPSA) is 53.6 Å². The lowest BCUT2D eigenvalue weighted by molar-refractivity contribution is 0.176. The van der Waals surface area contributed by atoms with Crippen LogP contribution < -0.4 is 15.4 Å². The summed E-state index contributed by atoms with van der Waals surface area (Å²) >= 11 is 0. The molecule has 0 bridgehead atoms. The van der Waals surface area contributed by atoms with Gasteiger partial charge in [0.25, 0.3) is 0 Å². The largest absolute Gasteiger partial charge is 0.497 e. The number of piperidine rings is 1. The maximum Gasteiger partial charge on any atom is 0.323 e. The Labute approximate surface area is 161 Å². The second-order valence-corrected chi connectivity index (χ2v) is 7.13. The molecule has 1 heterocycles. The van der Waals surface area contributed by atoms with Gasteiger partial charge in [-0.3, -0.25) is 0 Å². The predicted octanol–water partition coefficient (Wildman–Crippen LogP) is 4.76. The maximum absolute atomic E-state index is 12.4. The molecule has 0 aliphatic carbocycles. The minimum Gasteiger partial charge on any atom is -0.497 e. The molecule has 1 unspecified atom stereocenters. The summed E-state index contributed by atoms with van der Waals surface area (Å²) in [6.45, 7) is 1.19. The Hall–Kier alpha value is -2.53. The Balaban J connectivity index is 1.58. The first-order valence-corrected chi connectivity index (χ1v) is 9.66. The van der Waals surface area contributed by atoms with Crippen LogP contribution in [0.3, 0.4) is 0 Å². The molecule has 5 heteroatoms. The molecule has 2 aromatic carbocycles. The van der Waals surface area contributed by atoms with Crippen LogP contribution in [0.1, 0.15) is 31.2 Å². The Morgan fingerprint density at radius 2 is 1.89 bits per heavy atom. The summed E-state index contributed by atoms with van der Waals surface area (Å²) < 4.78 is 5.14. The van der Waals surface area contributed by atoms with Crippen molar-refractivity contribution < 1.29 is 9.53 Å². The number of aryl methyl sites for hydroxylation is 1. The highest BCUT2D eigenvalue weighted by atomic mass is 16.5. The van der Waals surface area contributed by atoms with Gasteiger partial charge in [0.2, 0.25) is 0 Å². The van der Waals surface area contributed by atoms with E-state index >= 15 is 0 Å². The number of nitrogens with one attached hydrogen (secondary N) is 2. The van der Waals surface area contributed by atoms with Gasteiger partial charge in [0.1, 0.15) is 5.75 Å². The second-order valence-electron chi connectivity index (χ2n) is 7.13. The number of benzene rings is 2. The molecular weight excluding hydrogens is 338 g/mol. The summed E-state index contributed by atoms with van der Waals surface area (Å²) in [5.41, 5.74) is 2.79. The zero-order valence-corrected chi connectivity index (χ0v) is 16.2. The van der Waals surface area contributed by atoms with E-state index in [-0.39, 0.29) is 6.03 Å². The molecule has 5 nitrogen and oxygen atoms in total. The number of likely N-dealkylation sites (tertiary alicyclic amines) is 1. The quantitative estimate of drug-likeness (QED) is 0.774. The van der Waals surface area contributed by atoms with Crippen LogP contribution in [0.5, 0.6) is 5.75 Å². The third-order valence-electron chi connectivity index (χ3n) is 5.28. The number of ether oxygens (including phenoxy) is 1. The summed E-state index contributed by atoms with van der Waals surface area (Å²) in [5.74, 6) is 0.763.